The van der Waals surface area contributed by atoms with E-state index in [4.69, 9.17) is 4.74 Å². The summed E-state index contributed by atoms with van der Waals surface area (Å²) in [5.41, 5.74) is 2.74. The number of hydrogen-bond acceptors (Lipinski definition) is 3. The summed E-state index contributed by atoms with van der Waals surface area (Å²) in [6.45, 7) is 2.59. The summed E-state index contributed by atoms with van der Waals surface area (Å²) < 4.78 is 32.0. The number of hydrogen-bond donors (Lipinski definition) is 0. The van der Waals surface area contributed by atoms with Gasteiger partial charge >= 0.3 is 0 Å². The van der Waals surface area contributed by atoms with Crippen molar-refractivity contribution in [1.82, 2.24) is 0 Å². The van der Waals surface area contributed by atoms with Crippen LogP contribution in [0.25, 0.3) is 0 Å². The van der Waals surface area contributed by atoms with Crippen molar-refractivity contribution in [1.29, 1.82) is 0 Å². The van der Waals surface area contributed by atoms with Gasteiger partial charge in [-0.25, -0.2) is 8.42 Å². The number of anilines is 1. The van der Waals surface area contributed by atoms with Crippen molar-refractivity contribution in [2.24, 2.45) is 0 Å². The number of aryl methyl sites for hydroxylation is 1. The van der Waals surface area contributed by atoms with Crippen molar-refractivity contribution in [2.45, 2.75) is 18.2 Å². The van der Waals surface area contributed by atoms with E-state index in [9.17, 15) is 8.42 Å². The van der Waals surface area contributed by atoms with E-state index in [1.165, 1.54) is 4.31 Å². The highest BCUT2D eigenvalue weighted by Gasteiger charge is 2.22. The molecule has 4 nitrogen and oxygen atoms in total. The van der Waals surface area contributed by atoms with Gasteiger partial charge in [0.1, 0.15) is 5.75 Å². The summed E-state index contributed by atoms with van der Waals surface area (Å²) in [7, 11) is -1.96. The molecule has 0 fully saturated rings. The fraction of sp³-hybridized carbons (Fsp3) is 0.250. The third-order valence-electron chi connectivity index (χ3n) is 3.72. The Hall–Kier alpha value is -2.01. The summed E-state index contributed by atoms with van der Waals surface area (Å²) in [4.78, 5) is 0.298. The highest BCUT2D eigenvalue weighted by atomic mass is 32.2. The zero-order valence-corrected chi connectivity index (χ0v) is 12.9. The SMILES string of the molecule is Cc1ccc(S(=O)(=O)N(C)c2ccc3c(c2)CCO3)cc1. The molecule has 0 unspecified atom stereocenters. The van der Waals surface area contributed by atoms with Crippen LogP contribution in [-0.4, -0.2) is 22.1 Å². The molecule has 0 amide bonds. The van der Waals surface area contributed by atoms with Crippen molar-refractivity contribution in [3.63, 3.8) is 0 Å². The Morgan fingerprint density at radius 3 is 2.52 bits per heavy atom. The van der Waals surface area contributed by atoms with Crippen LogP contribution in [0, 0.1) is 6.92 Å². The van der Waals surface area contributed by atoms with E-state index in [1.54, 1.807) is 37.4 Å². The average molecular weight is 303 g/mol. The Kier molecular flexibility index (Phi) is 3.37. The fourth-order valence-electron chi connectivity index (χ4n) is 2.38. The Morgan fingerprint density at radius 1 is 1.10 bits per heavy atom. The van der Waals surface area contributed by atoms with Crippen LogP contribution in [0.1, 0.15) is 11.1 Å². The largest absolute Gasteiger partial charge is 0.493 e. The van der Waals surface area contributed by atoms with E-state index in [-0.39, 0.29) is 0 Å². The Bertz CT molecular complexity index is 767. The van der Waals surface area contributed by atoms with E-state index >= 15 is 0 Å². The van der Waals surface area contributed by atoms with E-state index < -0.39 is 10.0 Å². The predicted molar refractivity (Wildman–Crippen MR) is 82.4 cm³/mol. The first kappa shape index (κ1) is 13.9. The normalized spacial score (nSPS) is 13.6. The lowest BCUT2D eigenvalue weighted by Gasteiger charge is -2.20. The Balaban J connectivity index is 1.97. The van der Waals surface area contributed by atoms with Gasteiger partial charge in [-0.05, 0) is 42.8 Å². The maximum absolute atomic E-state index is 12.6. The van der Waals surface area contributed by atoms with Crippen molar-refractivity contribution in [2.75, 3.05) is 18.0 Å². The maximum atomic E-state index is 12.6. The van der Waals surface area contributed by atoms with Crippen molar-refractivity contribution >= 4 is 15.7 Å². The predicted octanol–water partition coefficient (Wildman–Crippen LogP) is 2.76. The van der Waals surface area contributed by atoms with E-state index in [0.717, 1.165) is 23.3 Å². The van der Waals surface area contributed by atoms with Gasteiger partial charge in [-0.15, -0.1) is 0 Å². The first-order valence-electron chi connectivity index (χ1n) is 6.80. The number of nitrogens with zero attached hydrogens (tertiary/aromatic N) is 1. The first-order valence-corrected chi connectivity index (χ1v) is 8.24. The van der Waals surface area contributed by atoms with Gasteiger partial charge in [0.15, 0.2) is 0 Å². The lowest BCUT2D eigenvalue weighted by atomic mass is 10.1. The number of benzene rings is 2. The smallest absolute Gasteiger partial charge is 0.264 e. The first-order chi connectivity index (χ1) is 9.98. The highest BCUT2D eigenvalue weighted by molar-refractivity contribution is 7.92. The topological polar surface area (TPSA) is 46.6 Å². The number of fused-ring (bicyclic) bond motifs is 1. The van der Waals surface area contributed by atoms with Gasteiger partial charge in [-0.3, -0.25) is 4.31 Å². The molecule has 3 rings (SSSR count). The van der Waals surface area contributed by atoms with Crippen LogP contribution in [0.5, 0.6) is 5.75 Å². The molecule has 1 aliphatic rings. The molecule has 0 radical (unpaired) electrons. The van der Waals surface area contributed by atoms with Crippen molar-refractivity contribution < 1.29 is 13.2 Å². The average Bonchev–Trinajstić information content (AvgIpc) is 2.94. The molecule has 110 valence electrons. The summed E-state index contributed by atoms with van der Waals surface area (Å²) in [5, 5.41) is 0. The molecule has 21 heavy (non-hydrogen) atoms. The van der Waals surface area contributed by atoms with E-state index in [2.05, 4.69) is 0 Å². The molecule has 5 heteroatoms. The zero-order valence-electron chi connectivity index (χ0n) is 12.0. The van der Waals surface area contributed by atoms with Gasteiger partial charge in [-0.2, -0.15) is 0 Å². The molecule has 1 heterocycles. The van der Waals surface area contributed by atoms with Crippen LogP contribution in [0.3, 0.4) is 0 Å². The minimum atomic E-state index is -3.53. The molecule has 0 saturated carbocycles. The summed E-state index contributed by atoms with van der Waals surface area (Å²) in [6, 6.07) is 12.4. The van der Waals surface area contributed by atoms with E-state index in [0.29, 0.717) is 17.2 Å². The van der Waals surface area contributed by atoms with Gasteiger partial charge in [-0.1, -0.05) is 17.7 Å². The molecule has 0 bridgehead atoms. The lowest BCUT2D eigenvalue weighted by molar-refractivity contribution is 0.357. The molecular formula is C16H17NO3S. The van der Waals surface area contributed by atoms with Crippen molar-refractivity contribution in [3.8, 4) is 5.75 Å². The molecule has 0 aromatic heterocycles. The van der Waals surface area contributed by atoms with Gasteiger partial charge in [0.2, 0.25) is 0 Å². The minimum absolute atomic E-state index is 0.298. The maximum Gasteiger partial charge on any atom is 0.264 e. The van der Waals surface area contributed by atoms with E-state index in [1.807, 2.05) is 19.1 Å². The molecule has 1 aliphatic heterocycles. The minimum Gasteiger partial charge on any atom is -0.493 e. The van der Waals surface area contributed by atoms with Crippen LogP contribution in [0.4, 0.5) is 5.69 Å². The Labute approximate surface area is 125 Å². The number of rotatable bonds is 3. The second kappa shape index (κ2) is 5.07. The molecule has 0 saturated heterocycles. The molecule has 0 aliphatic carbocycles. The van der Waals surface area contributed by atoms with Gasteiger partial charge in [0.05, 0.1) is 17.2 Å². The quantitative estimate of drug-likeness (QED) is 0.876. The number of sulfonamides is 1. The molecular weight excluding hydrogens is 286 g/mol. The summed E-state index contributed by atoms with van der Waals surface area (Å²) in [5.74, 6) is 0.847. The molecule has 2 aromatic carbocycles. The van der Waals surface area contributed by atoms with Gasteiger partial charge in [0, 0.05) is 13.5 Å². The van der Waals surface area contributed by atoms with Crippen LogP contribution in [0.2, 0.25) is 0 Å². The monoisotopic (exact) mass is 303 g/mol. The molecule has 0 N–H and O–H groups in total. The zero-order chi connectivity index (χ0) is 15.0. The molecule has 0 spiro atoms. The summed E-state index contributed by atoms with van der Waals surface area (Å²) in [6.07, 6.45) is 0.821. The third-order valence-corrected chi connectivity index (χ3v) is 5.52. The standard InChI is InChI=1S/C16H17NO3S/c1-12-3-6-15(7-4-12)21(18,19)17(2)14-5-8-16-13(11-14)9-10-20-16/h3-8,11H,9-10H2,1-2H3. The van der Waals surface area contributed by atoms with Crippen molar-refractivity contribution in [3.05, 3.63) is 53.6 Å². The van der Waals surface area contributed by atoms with Crippen LogP contribution >= 0.6 is 0 Å². The summed E-state index contributed by atoms with van der Waals surface area (Å²) >= 11 is 0. The lowest BCUT2D eigenvalue weighted by Crippen LogP contribution is -2.26. The van der Waals surface area contributed by atoms with Crippen LogP contribution in [-0.2, 0) is 16.4 Å². The van der Waals surface area contributed by atoms with Crippen LogP contribution < -0.4 is 9.04 Å². The second-order valence-electron chi connectivity index (χ2n) is 5.18. The molecule has 2 aromatic rings. The van der Waals surface area contributed by atoms with Gasteiger partial charge in [0.25, 0.3) is 10.0 Å². The third kappa shape index (κ3) is 2.49. The number of ether oxygens (including phenoxy) is 1. The van der Waals surface area contributed by atoms with Gasteiger partial charge < -0.3 is 4.74 Å². The Morgan fingerprint density at radius 2 is 1.81 bits per heavy atom. The highest BCUT2D eigenvalue weighted by Crippen LogP contribution is 2.31. The second-order valence-corrected chi connectivity index (χ2v) is 7.15. The van der Waals surface area contributed by atoms with Crippen LogP contribution in [0.15, 0.2) is 47.4 Å². The molecule has 0 atom stereocenters. The fourth-order valence-corrected chi connectivity index (χ4v) is 3.56.